The molecule has 0 saturated carbocycles. The molecule has 0 aliphatic heterocycles. The Hall–Kier alpha value is 0.380. The average molecular weight is 421 g/mol. The Balaban J connectivity index is 3.00. The predicted octanol–water partition coefficient (Wildman–Crippen LogP) is 5.32. The van der Waals surface area contributed by atoms with Crippen LogP contribution in [0.5, 0.6) is 0 Å². The summed E-state index contributed by atoms with van der Waals surface area (Å²) in [6.45, 7) is 0. The Kier molecular flexibility index (Phi) is 4.20. The van der Waals surface area contributed by atoms with E-state index in [4.69, 9.17) is 23.2 Å². The molecule has 2 aromatic rings. The van der Waals surface area contributed by atoms with Gasteiger partial charge in [0, 0.05) is 0 Å². The molecule has 0 amide bonds. The van der Waals surface area contributed by atoms with E-state index in [9.17, 15) is 4.39 Å². The van der Waals surface area contributed by atoms with Gasteiger partial charge < -0.3 is 0 Å². The Morgan fingerprint density at radius 3 is 2.41 bits per heavy atom. The summed E-state index contributed by atoms with van der Waals surface area (Å²) in [4.78, 5) is 8.13. The molecule has 1 aromatic carbocycles. The zero-order valence-electron chi connectivity index (χ0n) is 8.19. The molecule has 1 aromatic heterocycles. The van der Waals surface area contributed by atoms with Crippen molar-refractivity contribution in [1.82, 2.24) is 9.97 Å². The first kappa shape index (κ1) is 13.8. The van der Waals surface area contributed by atoms with Crippen LogP contribution < -0.4 is 0 Å². The molecule has 2 rings (SSSR count). The van der Waals surface area contributed by atoms with Crippen LogP contribution in [0.25, 0.3) is 10.9 Å². The van der Waals surface area contributed by atoms with E-state index in [2.05, 4.69) is 41.8 Å². The predicted molar refractivity (Wildman–Crippen MR) is 76.7 cm³/mol. The van der Waals surface area contributed by atoms with Gasteiger partial charge in [0.25, 0.3) is 0 Å². The van der Waals surface area contributed by atoms with Gasteiger partial charge in [0.15, 0.2) is 11.0 Å². The molecule has 0 bridgehead atoms. The van der Waals surface area contributed by atoms with E-state index in [0.29, 0.717) is 15.0 Å². The maximum atomic E-state index is 14.0. The van der Waals surface area contributed by atoms with Crippen LogP contribution in [0.1, 0.15) is 0 Å². The van der Waals surface area contributed by atoms with Crippen molar-refractivity contribution in [2.75, 3.05) is 6.26 Å². The molecule has 0 atom stereocenters. The molecule has 17 heavy (non-hydrogen) atoms. The van der Waals surface area contributed by atoms with E-state index in [1.165, 1.54) is 11.8 Å². The van der Waals surface area contributed by atoms with E-state index < -0.39 is 5.82 Å². The smallest absolute Gasteiger partial charge is 0.189 e. The second-order valence-electron chi connectivity index (χ2n) is 2.98. The highest BCUT2D eigenvalue weighted by atomic mass is 79.9. The summed E-state index contributed by atoms with van der Waals surface area (Å²) in [5.41, 5.74) is 0.137. The third-order valence-corrected chi connectivity index (χ3v) is 5.23. The number of benzene rings is 1. The van der Waals surface area contributed by atoms with Gasteiger partial charge >= 0.3 is 0 Å². The van der Waals surface area contributed by atoms with Gasteiger partial charge in [-0.05, 0) is 38.1 Å². The van der Waals surface area contributed by atoms with Crippen LogP contribution in [-0.4, -0.2) is 16.2 Å². The molecule has 0 aliphatic carbocycles. The van der Waals surface area contributed by atoms with Gasteiger partial charge in [-0.1, -0.05) is 35.0 Å². The van der Waals surface area contributed by atoms with Crippen LogP contribution in [0.2, 0.25) is 10.2 Å². The van der Waals surface area contributed by atoms with Crippen LogP contribution in [0.15, 0.2) is 14.1 Å². The Bertz CT molecular complexity index is 624. The molecule has 2 nitrogen and oxygen atoms in total. The minimum atomic E-state index is -0.548. The number of aromatic nitrogens is 2. The van der Waals surface area contributed by atoms with Crippen molar-refractivity contribution in [2.24, 2.45) is 0 Å². The van der Waals surface area contributed by atoms with E-state index >= 15 is 0 Å². The lowest BCUT2D eigenvalue weighted by Crippen LogP contribution is -1.95. The molecular formula is C9H3Br2Cl2FN2S. The normalized spacial score (nSPS) is 11.2. The van der Waals surface area contributed by atoms with Gasteiger partial charge in [-0.3, -0.25) is 0 Å². The average Bonchev–Trinajstić information content (AvgIpc) is 2.32. The van der Waals surface area contributed by atoms with E-state index in [1.54, 1.807) is 6.26 Å². The first-order valence-corrected chi connectivity index (χ1v) is 7.77. The van der Waals surface area contributed by atoms with Gasteiger partial charge in [-0.15, -0.1) is 0 Å². The molecule has 0 radical (unpaired) electrons. The summed E-state index contributed by atoms with van der Waals surface area (Å²) in [7, 11) is 0. The number of thioether (sulfide) groups is 1. The number of halogens is 5. The zero-order chi connectivity index (χ0) is 12.7. The molecule has 0 unspecified atom stereocenters. The SMILES string of the molecule is CSc1nc(Cl)c2c(Br)c(Cl)c(Br)c(F)c2n1. The maximum Gasteiger partial charge on any atom is 0.189 e. The second-order valence-corrected chi connectivity index (χ2v) is 6.08. The molecular weight excluding hydrogens is 418 g/mol. The Labute approximate surface area is 128 Å². The van der Waals surface area contributed by atoms with Crippen molar-refractivity contribution >= 4 is 77.7 Å². The van der Waals surface area contributed by atoms with Gasteiger partial charge in [0.05, 0.1) is 19.4 Å². The van der Waals surface area contributed by atoms with Crippen molar-refractivity contribution in [2.45, 2.75) is 5.16 Å². The number of rotatable bonds is 1. The summed E-state index contributed by atoms with van der Waals surface area (Å²) in [5, 5.41) is 1.15. The molecule has 0 spiro atoms. The topological polar surface area (TPSA) is 25.8 Å². The lowest BCUT2D eigenvalue weighted by atomic mass is 10.2. The zero-order valence-corrected chi connectivity index (χ0v) is 13.7. The first-order valence-electron chi connectivity index (χ1n) is 4.20. The standard InChI is InChI=1S/C9H3Br2Cl2FN2S/c1-17-9-15-7-2(8(13)16-9)3(10)5(12)4(11)6(7)14/h1H3. The van der Waals surface area contributed by atoms with Crippen molar-refractivity contribution in [3.63, 3.8) is 0 Å². The van der Waals surface area contributed by atoms with Crippen LogP contribution in [0.4, 0.5) is 4.39 Å². The second kappa shape index (κ2) is 5.17. The quantitative estimate of drug-likeness (QED) is 0.205. The summed E-state index contributed by atoms with van der Waals surface area (Å²) in [6.07, 6.45) is 1.79. The molecule has 8 heteroatoms. The van der Waals surface area contributed by atoms with E-state index in [0.717, 1.165) is 0 Å². The van der Waals surface area contributed by atoms with Crippen molar-refractivity contribution in [1.29, 1.82) is 0 Å². The van der Waals surface area contributed by atoms with Crippen LogP contribution in [0.3, 0.4) is 0 Å². The van der Waals surface area contributed by atoms with Gasteiger partial charge in [-0.25, -0.2) is 14.4 Å². The third kappa shape index (κ3) is 2.30. The highest BCUT2D eigenvalue weighted by Gasteiger charge is 2.20. The number of nitrogens with zero attached hydrogens (tertiary/aromatic N) is 2. The van der Waals surface area contributed by atoms with Crippen molar-refractivity contribution in [3.8, 4) is 0 Å². The molecule has 1 heterocycles. The van der Waals surface area contributed by atoms with E-state index in [-0.39, 0.29) is 20.2 Å². The molecule has 0 saturated heterocycles. The van der Waals surface area contributed by atoms with E-state index in [1.807, 2.05) is 0 Å². The monoisotopic (exact) mass is 418 g/mol. The first-order chi connectivity index (χ1) is 7.97. The number of fused-ring (bicyclic) bond motifs is 1. The lowest BCUT2D eigenvalue weighted by Gasteiger charge is -2.09. The number of hydrogen-bond donors (Lipinski definition) is 0. The molecule has 0 aliphatic rings. The fraction of sp³-hybridized carbons (Fsp3) is 0.111. The van der Waals surface area contributed by atoms with Gasteiger partial charge in [0.1, 0.15) is 10.7 Å². The summed E-state index contributed by atoms with van der Waals surface area (Å²) in [6, 6.07) is 0. The van der Waals surface area contributed by atoms with Crippen molar-refractivity contribution < 1.29 is 4.39 Å². The largest absolute Gasteiger partial charge is 0.219 e. The molecule has 0 N–H and O–H groups in total. The molecule has 90 valence electrons. The number of hydrogen-bond acceptors (Lipinski definition) is 3. The summed E-state index contributed by atoms with van der Waals surface area (Å²) < 4.78 is 14.7. The summed E-state index contributed by atoms with van der Waals surface area (Å²) >= 11 is 19.6. The highest BCUT2D eigenvalue weighted by Crippen LogP contribution is 2.41. The maximum absolute atomic E-state index is 14.0. The minimum Gasteiger partial charge on any atom is -0.219 e. The minimum absolute atomic E-state index is 0.137. The Morgan fingerprint density at radius 1 is 1.18 bits per heavy atom. The highest BCUT2D eigenvalue weighted by molar-refractivity contribution is 9.11. The van der Waals surface area contributed by atoms with Gasteiger partial charge in [0.2, 0.25) is 0 Å². The Morgan fingerprint density at radius 2 is 1.82 bits per heavy atom. The fourth-order valence-corrected chi connectivity index (χ4v) is 3.46. The lowest BCUT2D eigenvalue weighted by molar-refractivity contribution is 0.628. The van der Waals surface area contributed by atoms with Crippen LogP contribution in [-0.2, 0) is 0 Å². The van der Waals surface area contributed by atoms with Crippen molar-refractivity contribution in [3.05, 3.63) is 24.9 Å². The summed E-state index contributed by atoms with van der Waals surface area (Å²) in [5.74, 6) is -0.548. The van der Waals surface area contributed by atoms with Crippen LogP contribution in [0, 0.1) is 5.82 Å². The fourth-order valence-electron chi connectivity index (χ4n) is 1.27. The third-order valence-electron chi connectivity index (χ3n) is 2.03. The van der Waals surface area contributed by atoms with Crippen LogP contribution >= 0.6 is 66.8 Å². The van der Waals surface area contributed by atoms with Gasteiger partial charge in [-0.2, -0.15) is 0 Å². The molecule has 0 fully saturated rings.